The fourth-order valence-corrected chi connectivity index (χ4v) is 4.63. The minimum Gasteiger partial charge on any atom is -0.212 e. The minimum absolute atomic E-state index is 0.101. The smallest absolute Gasteiger partial charge is 0.212 e. The van der Waals surface area contributed by atoms with Crippen LogP contribution in [0, 0.1) is 0 Å². The van der Waals surface area contributed by atoms with Crippen molar-refractivity contribution in [3.63, 3.8) is 0 Å². The number of hydrogen-bond acceptors (Lipinski definition) is 2. The minimum atomic E-state index is -3.21. The summed E-state index contributed by atoms with van der Waals surface area (Å²) in [4.78, 5) is 0. The third-order valence-corrected chi connectivity index (χ3v) is 6.16. The van der Waals surface area contributed by atoms with Gasteiger partial charge >= 0.3 is 0 Å². The summed E-state index contributed by atoms with van der Waals surface area (Å²) in [5.41, 5.74) is 2.18. The van der Waals surface area contributed by atoms with Crippen molar-refractivity contribution in [3.8, 4) is 0 Å². The molecule has 1 heterocycles. The zero-order valence-corrected chi connectivity index (χ0v) is 13.4. The average molecular weight is 315 g/mol. The summed E-state index contributed by atoms with van der Waals surface area (Å²) in [5.74, 6) is 0.577. The van der Waals surface area contributed by atoms with E-state index in [1.807, 2.05) is 48.5 Å². The van der Waals surface area contributed by atoms with Gasteiger partial charge < -0.3 is 0 Å². The standard InChI is InChI=1S/C18H21NO2S/c20-22(21,15-16-7-3-1-4-8-16)19-13-11-18(12-14-19)17-9-5-2-6-10-17/h1-10,18H,11-15H2. The van der Waals surface area contributed by atoms with Crippen molar-refractivity contribution in [2.75, 3.05) is 13.1 Å². The second-order valence-corrected chi connectivity index (χ2v) is 7.79. The molecule has 4 heteroatoms. The molecule has 3 rings (SSSR count). The van der Waals surface area contributed by atoms with Crippen molar-refractivity contribution in [2.24, 2.45) is 0 Å². The summed E-state index contributed by atoms with van der Waals surface area (Å²) in [6.45, 7) is 1.24. The van der Waals surface area contributed by atoms with Crippen molar-refractivity contribution in [2.45, 2.75) is 24.5 Å². The first-order chi connectivity index (χ1) is 10.6. The molecule has 0 bridgehead atoms. The first kappa shape index (κ1) is 15.3. The van der Waals surface area contributed by atoms with Gasteiger partial charge in [-0.15, -0.1) is 0 Å². The van der Waals surface area contributed by atoms with Crippen LogP contribution in [-0.2, 0) is 15.8 Å². The average Bonchev–Trinajstić information content (AvgIpc) is 2.56. The van der Waals surface area contributed by atoms with Crippen LogP contribution >= 0.6 is 0 Å². The van der Waals surface area contributed by atoms with E-state index in [1.165, 1.54) is 5.56 Å². The number of benzene rings is 2. The Morgan fingerprint density at radius 3 is 2.00 bits per heavy atom. The Morgan fingerprint density at radius 2 is 1.41 bits per heavy atom. The second kappa shape index (κ2) is 6.63. The van der Waals surface area contributed by atoms with E-state index in [0.29, 0.717) is 19.0 Å². The van der Waals surface area contributed by atoms with Gasteiger partial charge in [0.2, 0.25) is 10.0 Å². The van der Waals surface area contributed by atoms with E-state index in [0.717, 1.165) is 18.4 Å². The maximum Gasteiger partial charge on any atom is 0.218 e. The van der Waals surface area contributed by atoms with Crippen LogP contribution in [0.15, 0.2) is 60.7 Å². The first-order valence-corrected chi connectivity index (χ1v) is 9.33. The van der Waals surface area contributed by atoms with E-state index in [-0.39, 0.29) is 5.75 Å². The molecule has 2 aromatic carbocycles. The van der Waals surface area contributed by atoms with Crippen LogP contribution in [0.3, 0.4) is 0 Å². The largest absolute Gasteiger partial charge is 0.218 e. The lowest BCUT2D eigenvalue weighted by Gasteiger charge is -2.31. The van der Waals surface area contributed by atoms with Crippen molar-refractivity contribution in [1.29, 1.82) is 0 Å². The lowest BCUT2D eigenvalue weighted by molar-refractivity contribution is 0.319. The van der Waals surface area contributed by atoms with Gasteiger partial charge in [0.1, 0.15) is 0 Å². The SMILES string of the molecule is O=S(=O)(Cc1ccccc1)N1CCC(c2ccccc2)CC1. The van der Waals surface area contributed by atoms with Crippen LogP contribution in [-0.4, -0.2) is 25.8 Å². The number of sulfonamides is 1. The highest BCUT2D eigenvalue weighted by molar-refractivity contribution is 7.88. The van der Waals surface area contributed by atoms with E-state index in [4.69, 9.17) is 0 Å². The normalized spacial score (nSPS) is 17.5. The molecule has 116 valence electrons. The van der Waals surface area contributed by atoms with Crippen LogP contribution in [0.5, 0.6) is 0 Å². The van der Waals surface area contributed by atoms with Gasteiger partial charge in [-0.05, 0) is 29.9 Å². The van der Waals surface area contributed by atoms with Crippen LogP contribution < -0.4 is 0 Å². The lowest BCUT2D eigenvalue weighted by Crippen LogP contribution is -2.38. The van der Waals surface area contributed by atoms with E-state index in [9.17, 15) is 8.42 Å². The molecule has 0 saturated carbocycles. The Balaban J connectivity index is 1.63. The van der Waals surface area contributed by atoms with Crippen LogP contribution in [0.4, 0.5) is 0 Å². The Kier molecular flexibility index (Phi) is 4.60. The summed E-state index contributed by atoms with van der Waals surface area (Å²) in [5, 5.41) is 0. The summed E-state index contributed by atoms with van der Waals surface area (Å²) in [7, 11) is -3.21. The van der Waals surface area contributed by atoms with Crippen LogP contribution in [0.25, 0.3) is 0 Å². The van der Waals surface area contributed by atoms with E-state index >= 15 is 0 Å². The molecule has 1 aliphatic heterocycles. The maximum atomic E-state index is 12.5. The number of piperidine rings is 1. The summed E-state index contributed by atoms with van der Waals surface area (Å²) in [6.07, 6.45) is 1.80. The summed E-state index contributed by atoms with van der Waals surface area (Å²) < 4.78 is 26.7. The summed E-state index contributed by atoms with van der Waals surface area (Å²) >= 11 is 0. The third kappa shape index (κ3) is 3.57. The third-order valence-electron chi connectivity index (χ3n) is 4.31. The number of rotatable bonds is 4. The molecule has 0 aromatic heterocycles. The molecule has 0 unspecified atom stereocenters. The lowest BCUT2D eigenvalue weighted by atomic mass is 9.90. The van der Waals surface area contributed by atoms with Gasteiger partial charge in [-0.25, -0.2) is 12.7 Å². The van der Waals surface area contributed by atoms with E-state index in [1.54, 1.807) is 4.31 Å². The summed E-state index contributed by atoms with van der Waals surface area (Å²) in [6, 6.07) is 19.8. The molecule has 0 N–H and O–H groups in total. The van der Waals surface area contributed by atoms with Gasteiger partial charge in [-0.3, -0.25) is 0 Å². The monoisotopic (exact) mass is 315 g/mol. The zero-order valence-electron chi connectivity index (χ0n) is 12.6. The number of hydrogen-bond donors (Lipinski definition) is 0. The molecule has 2 aromatic rings. The molecule has 0 amide bonds. The molecular weight excluding hydrogens is 294 g/mol. The molecular formula is C18H21NO2S. The molecule has 3 nitrogen and oxygen atoms in total. The molecule has 1 fully saturated rings. The maximum absolute atomic E-state index is 12.5. The highest BCUT2D eigenvalue weighted by Gasteiger charge is 2.28. The molecule has 0 aliphatic carbocycles. The molecule has 22 heavy (non-hydrogen) atoms. The van der Waals surface area contributed by atoms with Gasteiger partial charge in [-0.1, -0.05) is 60.7 Å². The topological polar surface area (TPSA) is 37.4 Å². The molecule has 0 atom stereocenters. The Morgan fingerprint density at radius 1 is 0.864 bits per heavy atom. The quantitative estimate of drug-likeness (QED) is 0.867. The Bertz CT molecular complexity index is 690. The fourth-order valence-electron chi connectivity index (χ4n) is 3.07. The van der Waals surface area contributed by atoms with E-state index < -0.39 is 10.0 Å². The Hall–Kier alpha value is -1.65. The van der Waals surface area contributed by atoms with Crippen molar-refractivity contribution >= 4 is 10.0 Å². The van der Waals surface area contributed by atoms with Gasteiger partial charge in [0.05, 0.1) is 5.75 Å². The van der Waals surface area contributed by atoms with Gasteiger partial charge in [0.15, 0.2) is 0 Å². The Labute approximate surface area is 132 Å². The molecule has 1 saturated heterocycles. The zero-order chi connectivity index (χ0) is 15.4. The molecule has 0 spiro atoms. The van der Waals surface area contributed by atoms with Gasteiger partial charge in [0, 0.05) is 13.1 Å². The van der Waals surface area contributed by atoms with Gasteiger partial charge in [0.25, 0.3) is 0 Å². The van der Waals surface area contributed by atoms with Crippen molar-refractivity contribution < 1.29 is 8.42 Å². The second-order valence-electron chi connectivity index (χ2n) is 5.83. The molecule has 1 aliphatic rings. The van der Waals surface area contributed by atoms with E-state index in [2.05, 4.69) is 12.1 Å². The van der Waals surface area contributed by atoms with Crippen LogP contribution in [0.1, 0.15) is 29.9 Å². The molecule has 0 radical (unpaired) electrons. The highest BCUT2D eigenvalue weighted by Crippen LogP contribution is 2.29. The van der Waals surface area contributed by atoms with Crippen molar-refractivity contribution in [1.82, 2.24) is 4.31 Å². The van der Waals surface area contributed by atoms with Crippen LogP contribution in [0.2, 0.25) is 0 Å². The number of nitrogens with zero attached hydrogens (tertiary/aromatic N) is 1. The van der Waals surface area contributed by atoms with Crippen molar-refractivity contribution in [3.05, 3.63) is 71.8 Å². The highest BCUT2D eigenvalue weighted by atomic mass is 32.2. The predicted octanol–water partition coefficient (Wildman–Crippen LogP) is 3.40. The first-order valence-electron chi connectivity index (χ1n) is 7.72. The predicted molar refractivity (Wildman–Crippen MR) is 89.1 cm³/mol. The fraction of sp³-hybridized carbons (Fsp3) is 0.333. The van der Waals surface area contributed by atoms with Gasteiger partial charge in [-0.2, -0.15) is 0 Å².